The number of nitrogens with zero attached hydrogens (tertiary/aromatic N) is 1. The van der Waals surface area contributed by atoms with Gasteiger partial charge >= 0.3 is 6.85 Å². The molecule has 4 aromatic carbocycles. The van der Waals surface area contributed by atoms with Crippen LogP contribution in [0.15, 0.2) is 103 Å². The number of benzene rings is 4. The Hall–Kier alpha value is -3.46. The first kappa shape index (κ1) is 16.7. The molecule has 3 heteroatoms. The number of anilines is 2. The fourth-order valence-corrected chi connectivity index (χ4v) is 4.17. The third-order valence-corrected chi connectivity index (χ3v) is 5.41. The van der Waals surface area contributed by atoms with E-state index in [-0.39, 0.29) is 6.85 Å². The van der Waals surface area contributed by atoms with Crippen LogP contribution in [0.2, 0.25) is 0 Å². The van der Waals surface area contributed by atoms with Crippen molar-refractivity contribution >= 4 is 29.1 Å². The van der Waals surface area contributed by atoms with E-state index in [1.807, 2.05) is 0 Å². The third-order valence-electron chi connectivity index (χ3n) is 5.41. The van der Waals surface area contributed by atoms with Crippen LogP contribution in [0.1, 0.15) is 0 Å². The number of para-hydroxylation sites is 2. The van der Waals surface area contributed by atoms with Crippen molar-refractivity contribution in [2.24, 2.45) is 0 Å². The molecular formula is C25H20BNO. The van der Waals surface area contributed by atoms with Crippen molar-refractivity contribution in [1.29, 1.82) is 0 Å². The topological polar surface area (TPSA) is 12.5 Å². The highest BCUT2D eigenvalue weighted by molar-refractivity contribution is 6.90. The van der Waals surface area contributed by atoms with Gasteiger partial charge in [-0.2, -0.15) is 0 Å². The number of hydrogen-bond donors (Lipinski definition) is 0. The Morgan fingerprint density at radius 1 is 0.679 bits per heavy atom. The lowest BCUT2D eigenvalue weighted by atomic mass is 9.45. The van der Waals surface area contributed by atoms with E-state index in [4.69, 9.17) is 4.74 Å². The maximum Gasteiger partial charge on any atom is 0.328 e. The summed E-state index contributed by atoms with van der Waals surface area (Å²) in [5.74, 6) is 0.882. The summed E-state index contributed by atoms with van der Waals surface area (Å²) in [7, 11) is 1.73. The Morgan fingerprint density at radius 2 is 1.36 bits per heavy atom. The average molecular weight is 361 g/mol. The van der Waals surface area contributed by atoms with Crippen molar-refractivity contribution in [3.63, 3.8) is 0 Å². The number of rotatable bonds is 3. The van der Waals surface area contributed by atoms with Gasteiger partial charge in [0.05, 0.1) is 7.11 Å². The van der Waals surface area contributed by atoms with E-state index in [9.17, 15) is 0 Å². The molecule has 0 amide bonds. The van der Waals surface area contributed by atoms with Gasteiger partial charge in [0.15, 0.2) is 0 Å². The van der Waals surface area contributed by atoms with Crippen LogP contribution in [-0.4, -0.2) is 14.0 Å². The van der Waals surface area contributed by atoms with Crippen LogP contribution in [-0.2, 0) is 0 Å². The van der Waals surface area contributed by atoms with Crippen LogP contribution >= 0.6 is 0 Å². The van der Waals surface area contributed by atoms with Gasteiger partial charge in [-0.05, 0) is 41.4 Å². The molecule has 1 heterocycles. The third kappa shape index (κ3) is 2.68. The van der Waals surface area contributed by atoms with E-state index in [1.54, 1.807) is 7.11 Å². The summed E-state index contributed by atoms with van der Waals surface area (Å²) in [5, 5.41) is 0. The van der Waals surface area contributed by atoms with Crippen molar-refractivity contribution in [2.75, 3.05) is 11.9 Å². The van der Waals surface area contributed by atoms with Crippen LogP contribution in [0.5, 0.6) is 5.75 Å². The van der Waals surface area contributed by atoms with Crippen molar-refractivity contribution in [2.45, 2.75) is 0 Å². The second-order valence-electron chi connectivity index (χ2n) is 6.99. The van der Waals surface area contributed by atoms with Crippen LogP contribution < -0.4 is 20.5 Å². The quantitative estimate of drug-likeness (QED) is 0.494. The van der Waals surface area contributed by atoms with E-state index >= 15 is 0 Å². The molecule has 0 spiro atoms. The number of ether oxygens (including phenoxy) is 1. The molecule has 0 atom stereocenters. The molecule has 2 nitrogen and oxygen atoms in total. The SMILES string of the molecule is COc1ccc2c(c1)B(c1ccccc1)N(c1ccccc1)c1ccccc1-2. The largest absolute Gasteiger partial charge is 0.497 e. The van der Waals surface area contributed by atoms with E-state index in [0.29, 0.717) is 0 Å². The van der Waals surface area contributed by atoms with Gasteiger partial charge in [0.1, 0.15) is 5.75 Å². The highest BCUT2D eigenvalue weighted by atomic mass is 16.5. The molecule has 0 unspecified atom stereocenters. The summed E-state index contributed by atoms with van der Waals surface area (Å²) in [6.45, 7) is 0.0728. The first-order chi connectivity index (χ1) is 13.9. The molecule has 5 rings (SSSR count). The van der Waals surface area contributed by atoms with E-state index < -0.39 is 0 Å². The van der Waals surface area contributed by atoms with Crippen LogP contribution in [0.3, 0.4) is 0 Å². The summed E-state index contributed by atoms with van der Waals surface area (Å²) in [6.07, 6.45) is 0. The van der Waals surface area contributed by atoms with Gasteiger partial charge in [0, 0.05) is 16.9 Å². The van der Waals surface area contributed by atoms with Gasteiger partial charge in [-0.15, -0.1) is 0 Å². The minimum atomic E-state index is 0.0728. The molecule has 0 saturated heterocycles. The van der Waals surface area contributed by atoms with Crippen LogP contribution in [0, 0.1) is 0 Å². The van der Waals surface area contributed by atoms with E-state index in [0.717, 1.165) is 5.75 Å². The lowest BCUT2D eigenvalue weighted by Gasteiger charge is -2.39. The van der Waals surface area contributed by atoms with E-state index in [1.165, 1.54) is 33.4 Å². The Bertz CT molecular complexity index is 1110. The molecule has 28 heavy (non-hydrogen) atoms. The fraction of sp³-hybridized carbons (Fsp3) is 0.0400. The highest BCUT2D eigenvalue weighted by Crippen LogP contribution is 2.39. The summed E-state index contributed by atoms with van der Waals surface area (Å²) in [6, 6.07) is 36.4. The van der Waals surface area contributed by atoms with Gasteiger partial charge in [-0.3, -0.25) is 0 Å². The van der Waals surface area contributed by atoms with E-state index in [2.05, 4.69) is 108 Å². The van der Waals surface area contributed by atoms with Gasteiger partial charge in [0.25, 0.3) is 0 Å². The lowest BCUT2D eigenvalue weighted by Crippen LogP contribution is -2.57. The molecule has 1 aliphatic heterocycles. The summed E-state index contributed by atoms with van der Waals surface area (Å²) in [5.41, 5.74) is 7.43. The van der Waals surface area contributed by atoms with Gasteiger partial charge in [-0.1, -0.05) is 78.3 Å². The standard InChI is InChI=1S/C25H20BNO/c1-28-21-16-17-22-23-14-8-9-15-25(23)27(20-12-6-3-7-13-20)26(24(22)18-21)19-10-4-2-5-11-19/h2-18H,1H3. The fourth-order valence-electron chi connectivity index (χ4n) is 4.17. The summed E-state index contributed by atoms with van der Waals surface area (Å²) in [4.78, 5) is 2.44. The smallest absolute Gasteiger partial charge is 0.328 e. The first-order valence-electron chi connectivity index (χ1n) is 9.53. The minimum Gasteiger partial charge on any atom is -0.497 e. The molecule has 0 N–H and O–H groups in total. The van der Waals surface area contributed by atoms with Crippen LogP contribution in [0.25, 0.3) is 11.1 Å². The highest BCUT2D eigenvalue weighted by Gasteiger charge is 2.37. The van der Waals surface area contributed by atoms with Crippen molar-refractivity contribution in [3.8, 4) is 16.9 Å². The number of hydrogen-bond acceptors (Lipinski definition) is 2. The molecule has 0 fully saturated rings. The molecule has 1 aliphatic rings. The molecule has 0 aliphatic carbocycles. The molecular weight excluding hydrogens is 341 g/mol. The first-order valence-corrected chi connectivity index (χ1v) is 9.53. The van der Waals surface area contributed by atoms with Crippen molar-refractivity contribution in [3.05, 3.63) is 103 Å². The maximum atomic E-state index is 5.57. The molecule has 134 valence electrons. The molecule has 0 bridgehead atoms. The zero-order chi connectivity index (χ0) is 18.9. The molecule has 4 aromatic rings. The maximum absolute atomic E-state index is 5.57. The second-order valence-corrected chi connectivity index (χ2v) is 6.99. The lowest BCUT2D eigenvalue weighted by molar-refractivity contribution is 0.415. The average Bonchev–Trinajstić information content (AvgIpc) is 2.79. The zero-order valence-corrected chi connectivity index (χ0v) is 15.7. The number of methoxy groups -OCH3 is 1. The molecule has 0 saturated carbocycles. The Labute approximate surface area is 166 Å². The monoisotopic (exact) mass is 361 g/mol. The summed E-state index contributed by atoms with van der Waals surface area (Å²) >= 11 is 0. The van der Waals surface area contributed by atoms with Gasteiger partial charge < -0.3 is 9.55 Å². The zero-order valence-electron chi connectivity index (χ0n) is 15.7. The van der Waals surface area contributed by atoms with Crippen LogP contribution in [0.4, 0.5) is 11.4 Å². The number of fused-ring (bicyclic) bond motifs is 3. The second kappa shape index (κ2) is 6.93. The van der Waals surface area contributed by atoms with Gasteiger partial charge in [-0.25, -0.2) is 0 Å². The Kier molecular flexibility index (Phi) is 4.14. The Balaban J connectivity index is 1.84. The molecule has 0 aromatic heterocycles. The van der Waals surface area contributed by atoms with Crippen molar-refractivity contribution < 1.29 is 4.74 Å². The summed E-state index contributed by atoms with van der Waals surface area (Å²) < 4.78 is 5.57. The van der Waals surface area contributed by atoms with Crippen molar-refractivity contribution in [1.82, 2.24) is 0 Å². The van der Waals surface area contributed by atoms with Gasteiger partial charge in [0.2, 0.25) is 0 Å². The predicted octanol–water partition coefficient (Wildman–Crippen LogP) is 4.62. The predicted molar refractivity (Wildman–Crippen MR) is 118 cm³/mol. The normalized spacial score (nSPS) is 12.3. The molecule has 0 radical (unpaired) electrons. The Morgan fingerprint density at radius 3 is 2.11 bits per heavy atom. The minimum absolute atomic E-state index is 0.0728.